The predicted octanol–water partition coefficient (Wildman–Crippen LogP) is 4.19. The Kier molecular flexibility index (Phi) is 3.01. The Balaban J connectivity index is 1.53. The molecule has 0 amide bonds. The van der Waals surface area contributed by atoms with Crippen molar-refractivity contribution < 1.29 is 0 Å². The van der Waals surface area contributed by atoms with E-state index in [2.05, 4.69) is 23.1 Å². The van der Waals surface area contributed by atoms with Gasteiger partial charge in [0.05, 0.1) is 0 Å². The largest absolute Gasteiger partial charge is 0.371 e. The van der Waals surface area contributed by atoms with Gasteiger partial charge in [-0.2, -0.15) is 0 Å². The number of anilines is 1. The molecule has 2 aliphatic carbocycles. The molecule has 0 radical (unpaired) electrons. The van der Waals surface area contributed by atoms with Gasteiger partial charge in [-0.1, -0.05) is 25.3 Å². The minimum Gasteiger partial charge on any atom is -0.371 e. The van der Waals surface area contributed by atoms with Crippen molar-refractivity contribution in [3.05, 3.63) is 29.3 Å². The van der Waals surface area contributed by atoms with Crippen molar-refractivity contribution in [3.63, 3.8) is 0 Å². The zero-order valence-electron chi connectivity index (χ0n) is 11.9. The first-order chi connectivity index (χ1) is 9.40. The fourth-order valence-corrected chi connectivity index (χ4v) is 4.59. The number of aryl methyl sites for hydroxylation is 2. The Morgan fingerprint density at radius 2 is 1.68 bits per heavy atom. The summed E-state index contributed by atoms with van der Waals surface area (Å²) in [5.74, 6) is 2.02. The highest BCUT2D eigenvalue weighted by atomic mass is 15.1. The van der Waals surface area contributed by atoms with Crippen molar-refractivity contribution in [1.82, 2.24) is 0 Å². The van der Waals surface area contributed by atoms with Crippen LogP contribution in [0, 0.1) is 11.8 Å². The Morgan fingerprint density at radius 3 is 2.63 bits per heavy atom. The van der Waals surface area contributed by atoms with Crippen LogP contribution in [0.3, 0.4) is 0 Å². The van der Waals surface area contributed by atoms with Gasteiger partial charge in [-0.3, -0.25) is 0 Å². The van der Waals surface area contributed by atoms with Crippen molar-refractivity contribution in [2.24, 2.45) is 11.8 Å². The molecule has 1 aromatic carbocycles. The summed E-state index contributed by atoms with van der Waals surface area (Å²) in [5, 5.41) is 0. The molecule has 2 unspecified atom stereocenters. The molecule has 1 saturated heterocycles. The van der Waals surface area contributed by atoms with Crippen LogP contribution in [-0.2, 0) is 12.8 Å². The predicted molar refractivity (Wildman–Crippen MR) is 80.7 cm³/mol. The second kappa shape index (κ2) is 4.85. The quantitative estimate of drug-likeness (QED) is 0.727. The molecule has 2 atom stereocenters. The van der Waals surface area contributed by atoms with E-state index >= 15 is 0 Å². The third-order valence-electron chi connectivity index (χ3n) is 5.74. The summed E-state index contributed by atoms with van der Waals surface area (Å²) in [6.45, 7) is 2.61. The Morgan fingerprint density at radius 1 is 0.842 bits per heavy atom. The zero-order valence-corrected chi connectivity index (χ0v) is 11.9. The van der Waals surface area contributed by atoms with Crippen LogP contribution in [0.1, 0.15) is 49.7 Å². The maximum absolute atomic E-state index is 2.67. The van der Waals surface area contributed by atoms with Crippen molar-refractivity contribution in [1.29, 1.82) is 0 Å². The summed E-state index contributed by atoms with van der Waals surface area (Å²) in [5.41, 5.74) is 4.74. The summed E-state index contributed by atoms with van der Waals surface area (Å²) in [7, 11) is 0. The molecule has 3 aliphatic rings. The van der Waals surface area contributed by atoms with E-state index in [1.165, 1.54) is 70.1 Å². The first-order valence-electron chi connectivity index (χ1n) is 8.27. The number of nitrogens with zero attached hydrogens (tertiary/aromatic N) is 1. The standard InChI is InChI=1S/C18H25N/c1-2-5-17-13-19(11-10-15(17)4-1)18-9-8-14-6-3-7-16(14)12-18/h8-9,12,15,17H,1-7,10-11,13H2. The molecule has 4 rings (SSSR count). The van der Waals surface area contributed by atoms with Gasteiger partial charge in [-0.05, 0) is 67.2 Å². The average molecular weight is 255 g/mol. The number of rotatable bonds is 1. The first-order valence-corrected chi connectivity index (χ1v) is 8.27. The SMILES string of the molecule is c1cc2c(cc1N1CCC3CCCCC3C1)CCC2. The summed E-state index contributed by atoms with van der Waals surface area (Å²) in [6.07, 6.45) is 11.3. The van der Waals surface area contributed by atoms with E-state index in [0.29, 0.717) is 0 Å². The highest BCUT2D eigenvalue weighted by Crippen LogP contribution is 2.38. The summed E-state index contributed by atoms with van der Waals surface area (Å²) in [6, 6.07) is 7.27. The number of hydrogen-bond acceptors (Lipinski definition) is 1. The van der Waals surface area contributed by atoms with Gasteiger partial charge in [-0.15, -0.1) is 0 Å². The molecule has 1 nitrogen and oxygen atoms in total. The lowest BCUT2D eigenvalue weighted by Gasteiger charge is -2.42. The van der Waals surface area contributed by atoms with Crippen LogP contribution in [0.2, 0.25) is 0 Å². The second-order valence-electron chi connectivity index (χ2n) is 6.85. The Hall–Kier alpha value is -0.980. The average Bonchev–Trinajstić information content (AvgIpc) is 2.94. The van der Waals surface area contributed by atoms with Crippen molar-refractivity contribution >= 4 is 5.69 Å². The fraction of sp³-hybridized carbons (Fsp3) is 0.667. The molecule has 0 spiro atoms. The van der Waals surface area contributed by atoms with Crippen molar-refractivity contribution in [2.45, 2.75) is 51.4 Å². The van der Waals surface area contributed by atoms with Gasteiger partial charge in [0.2, 0.25) is 0 Å². The van der Waals surface area contributed by atoms with Crippen molar-refractivity contribution in [2.75, 3.05) is 18.0 Å². The maximum atomic E-state index is 2.67. The molecule has 0 aromatic heterocycles. The van der Waals surface area contributed by atoms with Crippen LogP contribution in [0.4, 0.5) is 5.69 Å². The van der Waals surface area contributed by atoms with Crippen LogP contribution in [0.25, 0.3) is 0 Å². The summed E-state index contributed by atoms with van der Waals surface area (Å²) in [4.78, 5) is 2.67. The van der Waals surface area contributed by atoms with Gasteiger partial charge in [0.25, 0.3) is 0 Å². The van der Waals surface area contributed by atoms with Crippen LogP contribution >= 0.6 is 0 Å². The highest BCUT2D eigenvalue weighted by Gasteiger charge is 2.31. The molecule has 1 heterocycles. The van der Waals surface area contributed by atoms with Crippen LogP contribution in [-0.4, -0.2) is 13.1 Å². The van der Waals surface area contributed by atoms with E-state index in [4.69, 9.17) is 0 Å². The minimum absolute atomic E-state index is 0.982. The van der Waals surface area contributed by atoms with E-state index in [1.54, 1.807) is 11.1 Å². The smallest absolute Gasteiger partial charge is 0.0369 e. The van der Waals surface area contributed by atoms with E-state index < -0.39 is 0 Å². The molecule has 0 N–H and O–H groups in total. The first kappa shape index (κ1) is 11.8. The van der Waals surface area contributed by atoms with Gasteiger partial charge in [0.15, 0.2) is 0 Å². The minimum atomic E-state index is 0.982. The van der Waals surface area contributed by atoms with E-state index in [1.807, 2.05) is 0 Å². The molecule has 1 heteroatoms. The van der Waals surface area contributed by atoms with E-state index in [-0.39, 0.29) is 0 Å². The lowest BCUT2D eigenvalue weighted by atomic mass is 9.75. The van der Waals surface area contributed by atoms with Crippen LogP contribution in [0.5, 0.6) is 0 Å². The molecular formula is C18H25N. The highest BCUT2D eigenvalue weighted by molar-refractivity contribution is 5.52. The molecule has 0 bridgehead atoms. The molecular weight excluding hydrogens is 230 g/mol. The monoisotopic (exact) mass is 255 g/mol. The molecule has 1 aromatic rings. The lowest BCUT2D eigenvalue weighted by molar-refractivity contribution is 0.202. The van der Waals surface area contributed by atoms with Gasteiger partial charge in [0.1, 0.15) is 0 Å². The fourth-order valence-electron chi connectivity index (χ4n) is 4.59. The molecule has 1 saturated carbocycles. The topological polar surface area (TPSA) is 3.24 Å². The third kappa shape index (κ3) is 2.17. The lowest BCUT2D eigenvalue weighted by Crippen LogP contribution is -2.41. The number of piperidine rings is 1. The number of fused-ring (bicyclic) bond motifs is 2. The second-order valence-corrected chi connectivity index (χ2v) is 6.85. The van der Waals surface area contributed by atoms with Crippen LogP contribution in [0.15, 0.2) is 18.2 Å². The van der Waals surface area contributed by atoms with Crippen molar-refractivity contribution in [3.8, 4) is 0 Å². The van der Waals surface area contributed by atoms with Gasteiger partial charge >= 0.3 is 0 Å². The third-order valence-corrected chi connectivity index (χ3v) is 5.74. The van der Waals surface area contributed by atoms with Gasteiger partial charge in [0, 0.05) is 18.8 Å². The molecule has 102 valence electrons. The normalized spacial score (nSPS) is 30.0. The zero-order chi connectivity index (χ0) is 12.7. The molecule has 1 aliphatic heterocycles. The number of hydrogen-bond donors (Lipinski definition) is 0. The van der Waals surface area contributed by atoms with E-state index in [9.17, 15) is 0 Å². The summed E-state index contributed by atoms with van der Waals surface area (Å²) < 4.78 is 0. The maximum Gasteiger partial charge on any atom is 0.0369 e. The molecule has 19 heavy (non-hydrogen) atoms. The van der Waals surface area contributed by atoms with Crippen LogP contribution < -0.4 is 4.90 Å². The van der Waals surface area contributed by atoms with Gasteiger partial charge in [-0.25, -0.2) is 0 Å². The summed E-state index contributed by atoms with van der Waals surface area (Å²) >= 11 is 0. The Bertz CT molecular complexity index is 465. The van der Waals surface area contributed by atoms with E-state index in [0.717, 1.165) is 11.8 Å². The Labute approximate surface area is 117 Å². The number of benzene rings is 1. The molecule has 2 fully saturated rings. The van der Waals surface area contributed by atoms with Gasteiger partial charge < -0.3 is 4.90 Å².